The third-order valence-electron chi connectivity index (χ3n) is 1.56. The minimum Gasteiger partial charge on any atom is -0.385 e. The molecular weight excluding hydrogens is 249 g/mol. The lowest BCUT2D eigenvalue weighted by atomic mass is 10.2. The van der Waals surface area contributed by atoms with E-state index in [1.54, 1.807) is 0 Å². The zero-order valence-electron chi connectivity index (χ0n) is 6.82. The molecule has 1 N–H and O–H groups in total. The maximum absolute atomic E-state index is 3.30. The molecule has 1 nitrogen and oxygen atoms in total. The molecule has 11 heavy (non-hydrogen) atoms. The molecule has 0 heterocycles. The van der Waals surface area contributed by atoms with Crippen LogP contribution in [0, 0.1) is 10.5 Å². The second-order valence-corrected chi connectivity index (χ2v) is 3.74. The Kier molecular flexibility index (Phi) is 3.17. The molecule has 1 aromatic rings. The van der Waals surface area contributed by atoms with Crippen LogP contribution in [0.3, 0.4) is 0 Å². The minimum absolute atomic E-state index is 0.988. The van der Waals surface area contributed by atoms with E-state index in [4.69, 9.17) is 0 Å². The van der Waals surface area contributed by atoms with E-state index in [1.807, 2.05) is 0 Å². The van der Waals surface area contributed by atoms with Crippen molar-refractivity contribution in [1.82, 2.24) is 0 Å². The SMILES string of the molecule is CCNc1ccc(I)cc1C. The summed E-state index contributed by atoms with van der Waals surface area (Å²) < 4.78 is 1.29. The molecule has 0 unspecified atom stereocenters. The number of halogens is 1. The van der Waals surface area contributed by atoms with Crippen LogP contribution in [0.2, 0.25) is 0 Å². The summed E-state index contributed by atoms with van der Waals surface area (Å²) in [4.78, 5) is 0. The topological polar surface area (TPSA) is 12.0 Å². The second kappa shape index (κ2) is 3.95. The van der Waals surface area contributed by atoms with E-state index in [0.29, 0.717) is 0 Å². The summed E-state index contributed by atoms with van der Waals surface area (Å²) in [6.07, 6.45) is 0. The van der Waals surface area contributed by atoms with Gasteiger partial charge >= 0.3 is 0 Å². The minimum atomic E-state index is 0.988. The quantitative estimate of drug-likeness (QED) is 0.807. The molecule has 2 heteroatoms. The van der Waals surface area contributed by atoms with Gasteiger partial charge in [0.05, 0.1) is 0 Å². The van der Waals surface area contributed by atoms with Crippen LogP contribution >= 0.6 is 22.6 Å². The average molecular weight is 261 g/mol. The summed E-state index contributed by atoms with van der Waals surface area (Å²) in [5.74, 6) is 0. The van der Waals surface area contributed by atoms with E-state index >= 15 is 0 Å². The number of hydrogen-bond donors (Lipinski definition) is 1. The third kappa shape index (κ3) is 2.36. The van der Waals surface area contributed by atoms with Crippen molar-refractivity contribution >= 4 is 28.3 Å². The lowest BCUT2D eigenvalue weighted by molar-refractivity contribution is 1.20. The summed E-state index contributed by atoms with van der Waals surface area (Å²) in [5.41, 5.74) is 2.56. The van der Waals surface area contributed by atoms with Gasteiger partial charge in [0.25, 0.3) is 0 Å². The highest BCUT2D eigenvalue weighted by Crippen LogP contribution is 2.16. The summed E-state index contributed by atoms with van der Waals surface area (Å²) in [6, 6.07) is 6.42. The summed E-state index contributed by atoms with van der Waals surface area (Å²) in [5, 5.41) is 3.30. The van der Waals surface area contributed by atoms with Crippen LogP contribution in [0.5, 0.6) is 0 Å². The van der Waals surface area contributed by atoms with Gasteiger partial charge in [0.15, 0.2) is 0 Å². The van der Waals surface area contributed by atoms with Crippen LogP contribution in [0.15, 0.2) is 18.2 Å². The van der Waals surface area contributed by atoms with Crippen LogP contribution in [0.4, 0.5) is 5.69 Å². The normalized spacial score (nSPS) is 9.73. The molecule has 0 saturated heterocycles. The lowest BCUT2D eigenvalue weighted by Crippen LogP contribution is -1.98. The molecule has 1 rings (SSSR count). The summed E-state index contributed by atoms with van der Waals surface area (Å²) >= 11 is 2.32. The van der Waals surface area contributed by atoms with E-state index in [0.717, 1.165) is 6.54 Å². The molecule has 0 fully saturated rings. The maximum atomic E-state index is 3.30. The number of nitrogens with one attached hydrogen (secondary N) is 1. The Bertz CT molecular complexity index is 245. The van der Waals surface area contributed by atoms with Gasteiger partial charge in [0.1, 0.15) is 0 Å². The molecule has 0 spiro atoms. The fraction of sp³-hybridized carbons (Fsp3) is 0.333. The first-order valence-corrected chi connectivity index (χ1v) is 4.82. The van der Waals surface area contributed by atoms with Crippen molar-refractivity contribution in [1.29, 1.82) is 0 Å². The number of rotatable bonds is 2. The Morgan fingerprint density at radius 1 is 1.45 bits per heavy atom. The molecule has 0 aliphatic heterocycles. The molecule has 60 valence electrons. The predicted molar refractivity (Wildman–Crippen MR) is 58.1 cm³/mol. The van der Waals surface area contributed by atoms with E-state index < -0.39 is 0 Å². The molecule has 0 aliphatic rings. The van der Waals surface area contributed by atoms with Gasteiger partial charge in [0, 0.05) is 15.8 Å². The molecule has 0 bridgehead atoms. The zero-order chi connectivity index (χ0) is 8.27. The monoisotopic (exact) mass is 261 g/mol. The molecule has 0 aliphatic carbocycles. The Balaban J connectivity index is 2.90. The van der Waals surface area contributed by atoms with Crippen molar-refractivity contribution < 1.29 is 0 Å². The Morgan fingerprint density at radius 2 is 2.18 bits per heavy atom. The van der Waals surface area contributed by atoms with Crippen LogP contribution in [0.1, 0.15) is 12.5 Å². The van der Waals surface area contributed by atoms with Crippen molar-refractivity contribution in [2.45, 2.75) is 13.8 Å². The molecule has 0 atom stereocenters. The smallest absolute Gasteiger partial charge is 0.0370 e. The number of anilines is 1. The van der Waals surface area contributed by atoms with Gasteiger partial charge in [0.2, 0.25) is 0 Å². The van der Waals surface area contributed by atoms with E-state index in [2.05, 4.69) is 60.0 Å². The lowest BCUT2D eigenvalue weighted by Gasteiger charge is -2.06. The molecule has 0 amide bonds. The Labute approximate surface area is 81.3 Å². The van der Waals surface area contributed by atoms with Crippen molar-refractivity contribution in [2.24, 2.45) is 0 Å². The maximum Gasteiger partial charge on any atom is 0.0370 e. The van der Waals surface area contributed by atoms with Gasteiger partial charge in [-0.3, -0.25) is 0 Å². The van der Waals surface area contributed by atoms with Gasteiger partial charge in [-0.1, -0.05) is 0 Å². The van der Waals surface area contributed by atoms with Crippen molar-refractivity contribution in [3.63, 3.8) is 0 Å². The predicted octanol–water partition coefficient (Wildman–Crippen LogP) is 3.03. The third-order valence-corrected chi connectivity index (χ3v) is 2.23. The van der Waals surface area contributed by atoms with Gasteiger partial charge in [-0.05, 0) is 60.2 Å². The fourth-order valence-electron chi connectivity index (χ4n) is 1.02. The first-order valence-electron chi connectivity index (χ1n) is 3.74. The highest BCUT2D eigenvalue weighted by molar-refractivity contribution is 14.1. The van der Waals surface area contributed by atoms with Crippen LogP contribution < -0.4 is 5.32 Å². The van der Waals surface area contributed by atoms with Crippen LogP contribution in [0.25, 0.3) is 0 Å². The Morgan fingerprint density at radius 3 is 2.73 bits per heavy atom. The summed E-state index contributed by atoms with van der Waals surface area (Å²) in [6.45, 7) is 5.22. The van der Waals surface area contributed by atoms with E-state index in [1.165, 1.54) is 14.8 Å². The first-order chi connectivity index (χ1) is 5.24. The van der Waals surface area contributed by atoms with Gasteiger partial charge in [-0.15, -0.1) is 0 Å². The fourth-order valence-corrected chi connectivity index (χ4v) is 1.66. The van der Waals surface area contributed by atoms with Crippen LogP contribution in [-0.2, 0) is 0 Å². The standard InChI is InChI=1S/C9H12IN/c1-3-11-9-5-4-8(10)6-7(9)2/h4-6,11H,3H2,1-2H3. The summed E-state index contributed by atoms with van der Waals surface area (Å²) in [7, 11) is 0. The molecule has 1 aromatic carbocycles. The number of benzene rings is 1. The van der Waals surface area contributed by atoms with Gasteiger partial charge in [-0.25, -0.2) is 0 Å². The van der Waals surface area contributed by atoms with Crippen LogP contribution in [-0.4, -0.2) is 6.54 Å². The highest BCUT2D eigenvalue weighted by Gasteiger charge is 1.95. The Hall–Kier alpha value is -0.250. The van der Waals surface area contributed by atoms with Gasteiger partial charge < -0.3 is 5.32 Å². The molecule has 0 radical (unpaired) electrons. The molecule has 0 saturated carbocycles. The average Bonchev–Trinajstić information content (AvgIpc) is 1.95. The van der Waals surface area contributed by atoms with E-state index in [9.17, 15) is 0 Å². The highest BCUT2D eigenvalue weighted by atomic mass is 127. The number of hydrogen-bond acceptors (Lipinski definition) is 1. The number of aryl methyl sites for hydroxylation is 1. The van der Waals surface area contributed by atoms with Crippen molar-refractivity contribution in [3.8, 4) is 0 Å². The first kappa shape index (κ1) is 8.84. The van der Waals surface area contributed by atoms with Crippen molar-refractivity contribution in [3.05, 3.63) is 27.3 Å². The van der Waals surface area contributed by atoms with Gasteiger partial charge in [-0.2, -0.15) is 0 Å². The second-order valence-electron chi connectivity index (χ2n) is 2.49. The largest absolute Gasteiger partial charge is 0.385 e. The zero-order valence-corrected chi connectivity index (χ0v) is 8.97. The molecular formula is C9H12IN. The van der Waals surface area contributed by atoms with E-state index in [-0.39, 0.29) is 0 Å². The van der Waals surface area contributed by atoms with Crippen molar-refractivity contribution in [2.75, 3.05) is 11.9 Å². The molecule has 0 aromatic heterocycles.